The van der Waals surface area contributed by atoms with Crippen molar-refractivity contribution in [3.63, 3.8) is 0 Å². The van der Waals surface area contributed by atoms with Crippen LogP contribution in [0, 0.1) is 0 Å². The number of rotatable bonds is 6. The van der Waals surface area contributed by atoms with E-state index in [9.17, 15) is 14.7 Å². The molecular formula is C14H20N2O4S. The van der Waals surface area contributed by atoms with E-state index >= 15 is 0 Å². The normalized spacial score (nSPS) is 11.8. The number of carbonyl (C=O) groups is 2. The predicted molar refractivity (Wildman–Crippen MR) is 84.3 cm³/mol. The number of phenols is 1. The molecule has 0 bridgehead atoms. The van der Waals surface area contributed by atoms with Crippen molar-refractivity contribution in [3.8, 4) is 5.75 Å². The maximum absolute atomic E-state index is 12.2. The van der Waals surface area contributed by atoms with Crippen molar-refractivity contribution in [1.82, 2.24) is 4.90 Å². The van der Waals surface area contributed by atoms with E-state index in [1.54, 1.807) is 23.7 Å². The Kier molecular flexibility index (Phi) is 6.36. The maximum Gasteiger partial charge on any atom is 0.339 e. The molecule has 0 radical (unpaired) electrons. The molecule has 1 aromatic carbocycles. The molecule has 0 aliphatic rings. The third-order valence-electron chi connectivity index (χ3n) is 3.21. The number of nitrogens with one attached hydrogen (secondary N) is 1. The van der Waals surface area contributed by atoms with Gasteiger partial charge in [0.25, 0.3) is 0 Å². The summed E-state index contributed by atoms with van der Waals surface area (Å²) in [4.78, 5) is 24.7. The van der Waals surface area contributed by atoms with Crippen molar-refractivity contribution in [1.29, 1.82) is 0 Å². The Morgan fingerprint density at radius 2 is 2.10 bits per heavy atom. The third-order valence-corrected chi connectivity index (χ3v) is 3.92. The molecule has 21 heavy (non-hydrogen) atoms. The van der Waals surface area contributed by atoms with Gasteiger partial charge in [0.2, 0.25) is 0 Å². The Morgan fingerprint density at radius 3 is 2.62 bits per heavy atom. The van der Waals surface area contributed by atoms with E-state index in [4.69, 9.17) is 5.11 Å². The van der Waals surface area contributed by atoms with Crippen LogP contribution < -0.4 is 5.32 Å². The predicted octanol–water partition coefficient (Wildman–Crippen LogP) is 2.70. The minimum atomic E-state index is -1.24. The number of nitrogens with zero attached hydrogens (tertiary/aromatic N) is 1. The highest BCUT2D eigenvalue weighted by atomic mass is 32.2. The number of carboxylic acid groups (broad SMARTS) is 1. The lowest BCUT2D eigenvalue weighted by Crippen LogP contribution is -2.41. The highest BCUT2D eigenvalue weighted by Gasteiger charge is 2.20. The van der Waals surface area contributed by atoms with Crippen LogP contribution in [0.25, 0.3) is 0 Å². The molecular weight excluding hydrogens is 292 g/mol. The summed E-state index contributed by atoms with van der Waals surface area (Å²) in [6.45, 7) is 1.99. The van der Waals surface area contributed by atoms with Crippen LogP contribution in [0.15, 0.2) is 18.2 Å². The molecule has 0 saturated carbocycles. The summed E-state index contributed by atoms with van der Waals surface area (Å²) in [5, 5.41) is 21.4. The van der Waals surface area contributed by atoms with Crippen LogP contribution in [-0.2, 0) is 0 Å². The molecule has 2 amide bonds. The van der Waals surface area contributed by atoms with Gasteiger partial charge < -0.3 is 20.4 Å². The molecule has 1 aromatic rings. The van der Waals surface area contributed by atoms with E-state index in [0.717, 1.165) is 12.2 Å². The van der Waals surface area contributed by atoms with Crippen molar-refractivity contribution < 1.29 is 19.8 Å². The molecule has 3 N–H and O–H groups in total. The minimum absolute atomic E-state index is 0.0739. The van der Waals surface area contributed by atoms with Crippen molar-refractivity contribution in [2.45, 2.75) is 19.4 Å². The molecule has 0 spiro atoms. The molecule has 0 heterocycles. The van der Waals surface area contributed by atoms with Crippen LogP contribution in [0.3, 0.4) is 0 Å². The molecule has 0 aliphatic carbocycles. The van der Waals surface area contributed by atoms with Crippen LogP contribution in [0.5, 0.6) is 5.75 Å². The van der Waals surface area contributed by atoms with E-state index in [0.29, 0.717) is 0 Å². The van der Waals surface area contributed by atoms with Crippen molar-refractivity contribution in [2.75, 3.05) is 24.4 Å². The van der Waals surface area contributed by atoms with Crippen LogP contribution in [0.1, 0.15) is 23.7 Å². The number of aromatic hydroxyl groups is 1. The van der Waals surface area contributed by atoms with Gasteiger partial charge in [-0.2, -0.15) is 11.8 Å². The maximum atomic E-state index is 12.2. The van der Waals surface area contributed by atoms with E-state index in [-0.39, 0.29) is 23.3 Å². The number of aromatic carboxylic acids is 1. The van der Waals surface area contributed by atoms with E-state index in [1.807, 2.05) is 13.2 Å². The van der Waals surface area contributed by atoms with Crippen molar-refractivity contribution >= 4 is 29.4 Å². The second-order valence-corrected chi connectivity index (χ2v) is 5.48. The second-order valence-electron chi connectivity index (χ2n) is 4.57. The Morgan fingerprint density at radius 1 is 1.43 bits per heavy atom. The fourth-order valence-corrected chi connectivity index (χ4v) is 2.73. The van der Waals surface area contributed by atoms with Gasteiger partial charge in [0.1, 0.15) is 5.56 Å². The Hall–Kier alpha value is -1.89. The van der Waals surface area contributed by atoms with Gasteiger partial charge in [0, 0.05) is 18.8 Å². The quantitative estimate of drug-likeness (QED) is 0.703. The molecule has 0 aromatic heterocycles. The highest BCUT2D eigenvalue weighted by Crippen LogP contribution is 2.27. The lowest BCUT2D eigenvalue weighted by Gasteiger charge is -2.27. The standard InChI is InChI=1S/C14H20N2O4S/c1-4-9(8-21-3)16(2)14(20)15-11-7-5-6-10(12(11)17)13(18)19/h5-7,9,17H,4,8H2,1-3H3,(H,15,20)(H,18,19). The van der Waals surface area contributed by atoms with Gasteiger partial charge in [-0.1, -0.05) is 13.0 Å². The fraction of sp³-hybridized carbons (Fsp3) is 0.429. The molecule has 1 unspecified atom stereocenters. The zero-order valence-corrected chi connectivity index (χ0v) is 13.1. The van der Waals surface area contributed by atoms with E-state index in [2.05, 4.69) is 5.32 Å². The third kappa shape index (κ3) is 4.29. The Labute approximate surface area is 128 Å². The fourth-order valence-electron chi connectivity index (χ4n) is 1.88. The molecule has 1 rings (SSSR count). The number of carbonyl (C=O) groups excluding carboxylic acids is 1. The Bertz CT molecular complexity index is 522. The first-order valence-corrected chi connectivity index (χ1v) is 7.89. The van der Waals surface area contributed by atoms with E-state index < -0.39 is 11.7 Å². The summed E-state index contributed by atoms with van der Waals surface area (Å²) in [5.41, 5.74) is -0.155. The molecule has 7 heteroatoms. The molecule has 0 saturated heterocycles. The van der Waals surface area contributed by atoms with Crippen LogP contribution >= 0.6 is 11.8 Å². The van der Waals surface area contributed by atoms with Gasteiger partial charge in [0.05, 0.1) is 5.69 Å². The van der Waals surface area contributed by atoms with Gasteiger partial charge in [-0.3, -0.25) is 0 Å². The molecule has 116 valence electrons. The van der Waals surface area contributed by atoms with Crippen molar-refractivity contribution in [2.24, 2.45) is 0 Å². The van der Waals surface area contributed by atoms with Gasteiger partial charge in [-0.05, 0) is 24.8 Å². The van der Waals surface area contributed by atoms with Crippen LogP contribution in [0.4, 0.5) is 10.5 Å². The number of urea groups is 1. The summed E-state index contributed by atoms with van der Waals surface area (Å²) >= 11 is 1.65. The molecule has 0 fully saturated rings. The molecule has 1 atom stereocenters. The zero-order chi connectivity index (χ0) is 16.0. The molecule has 6 nitrogen and oxygen atoms in total. The number of hydrogen-bond donors (Lipinski definition) is 3. The van der Waals surface area contributed by atoms with Gasteiger partial charge in [-0.25, -0.2) is 9.59 Å². The topological polar surface area (TPSA) is 89.9 Å². The summed E-state index contributed by atoms with van der Waals surface area (Å²) in [5.74, 6) is -0.878. The number of para-hydroxylation sites is 1. The molecule has 0 aliphatic heterocycles. The monoisotopic (exact) mass is 312 g/mol. The minimum Gasteiger partial charge on any atom is -0.505 e. The first-order valence-electron chi connectivity index (χ1n) is 6.50. The van der Waals surface area contributed by atoms with E-state index in [1.165, 1.54) is 18.2 Å². The average Bonchev–Trinajstić information content (AvgIpc) is 2.45. The zero-order valence-electron chi connectivity index (χ0n) is 12.3. The lowest BCUT2D eigenvalue weighted by molar-refractivity contribution is 0.0693. The Balaban J connectivity index is 2.88. The van der Waals surface area contributed by atoms with Crippen molar-refractivity contribution in [3.05, 3.63) is 23.8 Å². The number of hydrogen-bond acceptors (Lipinski definition) is 4. The largest absolute Gasteiger partial charge is 0.505 e. The summed E-state index contributed by atoms with van der Waals surface area (Å²) in [6.07, 6.45) is 2.78. The summed E-state index contributed by atoms with van der Waals surface area (Å²) in [7, 11) is 1.68. The summed E-state index contributed by atoms with van der Waals surface area (Å²) < 4.78 is 0. The number of carboxylic acids is 1. The SMILES string of the molecule is CCC(CSC)N(C)C(=O)Nc1cccc(C(=O)O)c1O. The first-order chi connectivity index (χ1) is 9.92. The number of anilines is 1. The lowest BCUT2D eigenvalue weighted by atomic mass is 10.1. The second kappa shape index (κ2) is 7.78. The number of benzene rings is 1. The number of thioether (sulfide) groups is 1. The summed E-state index contributed by atoms with van der Waals surface area (Å²) in [6, 6.07) is 3.90. The average molecular weight is 312 g/mol. The van der Waals surface area contributed by atoms with Gasteiger partial charge in [-0.15, -0.1) is 0 Å². The van der Waals surface area contributed by atoms with Gasteiger partial charge in [0.15, 0.2) is 5.75 Å². The van der Waals surface area contributed by atoms with Crippen LogP contribution in [0.2, 0.25) is 0 Å². The van der Waals surface area contributed by atoms with Gasteiger partial charge >= 0.3 is 12.0 Å². The smallest absolute Gasteiger partial charge is 0.339 e. The first kappa shape index (κ1) is 17.2. The number of amides is 2. The highest BCUT2D eigenvalue weighted by molar-refractivity contribution is 7.98. The van der Waals surface area contributed by atoms with Crippen LogP contribution in [-0.4, -0.2) is 52.2 Å².